The number of guanidine groups is 1. The molecule has 0 aliphatic carbocycles. The van der Waals surface area contributed by atoms with Crippen molar-refractivity contribution >= 4 is 28.9 Å². The van der Waals surface area contributed by atoms with Gasteiger partial charge in [0.2, 0.25) is 0 Å². The Morgan fingerprint density at radius 2 is 2.16 bits per heavy atom. The molecule has 7 heteroatoms. The normalized spacial score (nSPS) is 14.2. The number of aliphatic hydroxyl groups is 1. The van der Waals surface area contributed by atoms with Crippen molar-refractivity contribution in [3.8, 4) is 0 Å². The first kappa shape index (κ1) is 19.7. The van der Waals surface area contributed by atoms with E-state index in [1.54, 1.807) is 13.0 Å². The standard InChI is InChI=1S/C18H23ClFN3OS/c1-3-21-17(23-12-18(2,24)16-5-4-10-25-16)22-9-8-13-6-7-14(20)11-15(13)19/h4-7,10-11,24H,3,8-9,12H2,1-2H3,(H2,21,22,23). The molecule has 136 valence electrons. The summed E-state index contributed by atoms with van der Waals surface area (Å²) in [6.07, 6.45) is 0.644. The van der Waals surface area contributed by atoms with Crippen LogP contribution in [0.1, 0.15) is 24.3 Å². The SMILES string of the molecule is CCNC(=NCC(C)(O)c1cccs1)NCCc1ccc(F)cc1Cl. The molecule has 0 saturated heterocycles. The highest BCUT2D eigenvalue weighted by Crippen LogP contribution is 2.25. The number of benzene rings is 1. The minimum Gasteiger partial charge on any atom is -0.383 e. The number of nitrogens with one attached hydrogen (secondary N) is 2. The molecule has 4 nitrogen and oxygen atoms in total. The van der Waals surface area contributed by atoms with Crippen molar-refractivity contribution < 1.29 is 9.50 Å². The maximum absolute atomic E-state index is 13.1. The fourth-order valence-corrected chi connectivity index (χ4v) is 3.32. The van der Waals surface area contributed by atoms with Crippen molar-refractivity contribution in [3.05, 3.63) is 57.0 Å². The van der Waals surface area contributed by atoms with Crippen LogP contribution in [0.2, 0.25) is 5.02 Å². The van der Waals surface area contributed by atoms with Crippen molar-refractivity contribution in [2.75, 3.05) is 19.6 Å². The molecule has 0 spiro atoms. The molecular weight excluding hydrogens is 361 g/mol. The number of rotatable bonds is 7. The molecule has 1 unspecified atom stereocenters. The molecule has 1 aromatic carbocycles. The Labute approximate surface area is 156 Å². The van der Waals surface area contributed by atoms with Gasteiger partial charge in [-0.15, -0.1) is 11.3 Å². The molecule has 2 rings (SSSR count). The predicted molar refractivity (Wildman–Crippen MR) is 103 cm³/mol. The fourth-order valence-electron chi connectivity index (χ4n) is 2.28. The third-order valence-electron chi connectivity index (χ3n) is 3.64. The number of halogens is 2. The van der Waals surface area contributed by atoms with Gasteiger partial charge < -0.3 is 15.7 Å². The summed E-state index contributed by atoms with van der Waals surface area (Å²) in [6.45, 7) is 5.29. The lowest BCUT2D eigenvalue weighted by Gasteiger charge is -2.20. The van der Waals surface area contributed by atoms with Crippen LogP contribution >= 0.6 is 22.9 Å². The second kappa shape index (κ2) is 9.17. The van der Waals surface area contributed by atoms with Gasteiger partial charge in [-0.05, 0) is 49.4 Å². The lowest BCUT2D eigenvalue weighted by atomic mass is 10.1. The van der Waals surface area contributed by atoms with E-state index in [0.29, 0.717) is 30.5 Å². The molecule has 1 heterocycles. The monoisotopic (exact) mass is 383 g/mol. The van der Waals surface area contributed by atoms with E-state index in [1.165, 1.54) is 23.5 Å². The lowest BCUT2D eigenvalue weighted by molar-refractivity contribution is 0.0711. The van der Waals surface area contributed by atoms with Gasteiger partial charge in [0.15, 0.2) is 5.96 Å². The molecule has 25 heavy (non-hydrogen) atoms. The molecule has 0 amide bonds. The smallest absolute Gasteiger partial charge is 0.191 e. The summed E-state index contributed by atoms with van der Waals surface area (Å²) in [5.74, 6) is 0.282. The van der Waals surface area contributed by atoms with E-state index >= 15 is 0 Å². The molecule has 0 aliphatic heterocycles. The van der Waals surface area contributed by atoms with Crippen LogP contribution in [0, 0.1) is 5.82 Å². The highest BCUT2D eigenvalue weighted by atomic mass is 35.5. The highest BCUT2D eigenvalue weighted by molar-refractivity contribution is 7.10. The molecule has 0 radical (unpaired) electrons. The van der Waals surface area contributed by atoms with E-state index in [1.807, 2.05) is 24.4 Å². The zero-order chi connectivity index (χ0) is 18.3. The number of thiophene rings is 1. The summed E-state index contributed by atoms with van der Waals surface area (Å²) in [5, 5.41) is 19.3. The van der Waals surface area contributed by atoms with Gasteiger partial charge in [-0.25, -0.2) is 9.38 Å². The summed E-state index contributed by atoms with van der Waals surface area (Å²) in [6, 6.07) is 8.21. The van der Waals surface area contributed by atoms with Crippen LogP contribution in [0.25, 0.3) is 0 Å². The third kappa shape index (κ3) is 5.99. The fraction of sp³-hybridized carbons (Fsp3) is 0.389. The molecule has 1 atom stereocenters. The van der Waals surface area contributed by atoms with Gasteiger partial charge in [-0.2, -0.15) is 0 Å². The number of aliphatic imine (C=N–C) groups is 1. The molecular formula is C18H23ClFN3OS. The van der Waals surface area contributed by atoms with E-state index < -0.39 is 5.60 Å². The van der Waals surface area contributed by atoms with Crippen molar-refractivity contribution in [2.24, 2.45) is 4.99 Å². The van der Waals surface area contributed by atoms with E-state index in [2.05, 4.69) is 15.6 Å². The van der Waals surface area contributed by atoms with Gasteiger partial charge in [0, 0.05) is 23.0 Å². The highest BCUT2D eigenvalue weighted by Gasteiger charge is 2.23. The minimum absolute atomic E-state index is 0.250. The second-order valence-corrected chi connectivity index (χ2v) is 7.21. The molecule has 2 aromatic rings. The van der Waals surface area contributed by atoms with E-state index in [9.17, 15) is 9.50 Å². The van der Waals surface area contributed by atoms with Crippen molar-refractivity contribution in [3.63, 3.8) is 0 Å². The van der Waals surface area contributed by atoms with E-state index in [-0.39, 0.29) is 12.4 Å². The van der Waals surface area contributed by atoms with Crippen LogP contribution in [-0.4, -0.2) is 30.7 Å². The average molecular weight is 384 g/mol. The van der Waals surface area contributed by atoms with Crippen molar-refractivity contribution in [1.82, 2.24) is 10.6 Å². The van der Waals surface area contributed by atoms with Crippen LogP contribution in [-0.2, 0) is 12.0 Å². The molecule has 0 bridgehead atoms. The lowest BCUT2D eigenvalue weighted by Crippen LogP contribution is -2.39. The first-order valence-electron chi connectivity index (χ1n) is 8.15. The first-order valence-corrected chi connectivity index (χ1v) is 9.40. The van der Waals surface area contributed by atoms with Crippen LogP contribution in [0.15, 0.2) is 40.7 Å². The van der Waals surface area contributed by atoms with Gasteiger partial charge in [0.05, 0.1) is 6.54 Å². The molecule has 0 fully saturated rings. The predicted octanol–water partition coefficient (Wildman–Crippen LogP) is 3.55. The molecule has 3 N–H and O–H groups in total. The van der Waals surface area contributed by atoms with Gasteiger partial charge in [0.1, 0.15) is 11.4 Å². The number of nitrogens with zero attached hydrogens (tertiary/aromatic N) is 1. The Morgan fingerprint density at radius 3 is 2.80 bits per heavy atom. The topological polar surface area (TPSA) is 56.7 Å². The van der Waals surface area contributed by atoms with E-state index in [0.717, 1.165) is 10.4 Å². The minimum atomic E-state index is -1.00. The van der Waals surface area contributed by atoms with Crippen LogP contribution in [0.4, 0.5) is 4.39 Å². The summed E-state index contributed by atoms with van der Waals surface area (Å²) in [5.41, 5.74) is -0.131. The Hall–Kier alpha value is -1.63. The Bertz CT molecular complexity index is 704. The largest absolute Gasteiger partial charge is 0.383 e. The van der Waals surface area contributed by atoms with Crippen molar-refractivity contribution in [2.45, 2.75) is 25.9 Å². The Balaban J connectivity index is 1.93. The maximum Gasteiger partial charge on any atom is 0.191 e. The van der Waals surface area contributed by atoms with Gasteiger partial charge in [0.25, 0.3) is 0 Å². The van der Waals surface area contributed by atoms with Crippen molar-refractivity contribution in [1.29, 1.82) is 0 Å². The zero-order valence-electron chi connectivity index (χ0n) is 14.4. The summed E-state index contributed by atoms with van der Waals surface area (Å²) >= 11 is 7.55. The summed E-state index contributed by atoms with van der Waals surface area (Å²) < 4.78 is 13.1. The van der Waals surface area contributed by atoms with Crippen LogP contribution in [0.5, 0.6) is 0 Å². The van der Waals surface area contributed by atoms with Gasteiger partial charge in [-0.3, -0.25) is 0 Å². The number of hydrogen-bond donors (Lipinski definition) is 3. The Kier molecular flexibility index (Phi) is 7.23. The summed E-state index contributed by atoms with van der Waals surface area (Å²) in [7, 11) is 0. The average Bonchev–Trinajstić information content (AvgIpc) is 3.10. The molecule has 0 aliphatic rings. The quantitative estimate of drug-likeness (QED) is 0.506. The van der Waals surface area contributed by atoms with Crippen LogP contribution < -0.4 is 10.6 Å². The second-order valence-electron chi connectivity index (χ2n) is 5.86. The summed E-state index contributed by atoms with van der Waals surface area (Å²) in [4.78, 5) is 5.35. The Morgan fingerprint density at radius 1 is 1.36 bits per heavy atom. The zero-order valence-corrected chi connectivity index (χ0v) is 15.9. The van der Waals surface area contributed by atoms with Gasteiger partial charge >= 0.3 is 0 Å². The first-order chi connectivity index (χ1) is 11.9. The van der Waals surface area contributed by atoms with Gasteiger partial charge in [-0.1, -0.05) is 23.7 Å². The van der Waals surface area contributed by atoms with E-state index in [4.69, 9.17) is 11.6 Å². The molecule has 1 aromatic heterocycles. The third-order valence-corrected chi connectivity index (χ3v) is 5.12. The van der Waals surface area contributed by atoms with Crippen LogP contribution in [0.3, 0.4) is 0 Å². The maximum atomic E-state index is 13.1. The molecule has 0 saturated carbocycles. The number of hydrogen-bond acceptors (Lipinski definition) is 3.